The number of thiophene rings is 1. The minimum Gasteiger partial charge on any atom is -0.349 e. The van der Waals surface area contributed by atoms with Crippen molar-refractivity contribution in [3.8, 4) is 0 Å². The molecule has 0 spiro atoms. The van der Waals surface area contributed by atoms with E-state index in [1.807, 2.05) is 31.3 Å². The van der Waals surface area contributed by atoms with Crippen molar-refractivity contribution in [1.82, 2.24) is 19.8 Å². The van der Waals surface area contributed by atoms with Gasteiger partial charge in [-0.1, -0.05) is 41.9 Å². The lowest BCUT2D eigenvalue weighted by Crippen LogP contribution is -2.57. The van der Waals surface area contributed by atoms with E-state index < -0.39 is 22.0 Å². The van der Waals surface area contributed by atoms with Gasteiger partial charge in [-0.15, -0.1) is 11.3 Å². The van der Waals surface area contributed by atoms with Gasteiger partial charge in [-0.3, -0.25) is 9.59 Å². The van der Waals surface area contributed by atoms with Crippen LogP contribution in [-0.4, -0.2) is 75.8 Å². The quantitative estimate of drug-likeness (QED) is 0.498. The predicted molar refractivity (Wildman–Crippen MR) is 134 cm³/mol. The lowest BCUT2D eigenvalue weighted by atomic mass is 10.1. The molecule has 8 nitrogen and oxygen atoms in total. The van der Waals surface area contributed by atoms with Crippen LogP contribution < -0.4 is 10.0 Å². The molecular formula is C23H25ClN4O4S2. The molecule has 180 valence electrons. The van der Waals surface area contributed by atoms with Crippen LogP contribution in [0.1, 0.15) is 9.67 Å². The van der Waals surface area contributed by atoms with Gasteiger partial charge >= 0.3 is 0 Å². The topological polar surface area (TPSA) is 98.8 Å². The molecule has 1 atom stereocenters. The summed E-state index contributed by atoms with van der Waals surface area (Å²) in [6.45, 7) is 2.16. The molecule has 34 heavy (non-hydrogen) atoms. The highest BCUT2D eigenvalue weighted by Crippen LogP contribution is 2.21. The van der Waals surface area contributed by atoms with Gasteiger partial charge in [0.1, 0.15) is 6.04 Å². The average Bonchev–Trinajstić information content (AvgIpc) is 3.27. The number of sulfonamides is 1. The number of piperazine rings is 1. The maximum absolute atomic E-state index is 13.3. The van der Waals surface area contributed by atoms with Crippen molar-refractivity contribution in [2.24, 2.45) is 0 Å². The van der Waals surface area contributed by atoms with Gasteiger partial charge in [-0.05, 0) is 42.1 Å². The molecule has 1 saturated heterocycles. The molecule has 0 saturated carbocycles. The summed E-state index contributed by atoms with van der Waals surface area (Å²) in [6, 6.07) is 14.3. The first-order chi connectivity index (χ1) is 16.2. The fourth-order valence-electron chi connectivity index (χ4n) is 3.73. The van der Waals surface area contributed by atoms with E-state index in [0.717, 1.165) is 22.1 Å². The van der Waals surface area contributed by atoms with Crippen molar-refractivity contribution in [3.63, 3.8) is 0 Å². The van der Waals surface area contributed by atoms with Crippen LogP contribution in [0.5, 0.6) is 0 Å². The van der Waals surface area contributed by atoms with E-state index in [1.54, 1.807) is 29.2 Å². The fourth-order valence-corrected chi connectivity index (χ4v) is 5.92. The summed E-state index contributed by atoms with van der Waals surface area (Å²) in [6.07, 6.45) is 0. The van der Waals surface area contributed by atoms with Crippen molar-refractivity contribution in [2.45, 2.75) is 10.9 Å². The Balaban J connectivity index is 1.55. The summed E-state index contributed by atoms with van der Waals surface area (Å²) in [7, 11) is -2.07. The second-order valence-electron chi connectivity index (χ2n) is 8.13. The van der Waals surface area contributed by atoms with Crippen LogP contribution in [0.2, 0.25) is 4.34 Å². The highest BCUT2D eigenvalue weighted by Gasteiger charge is 2.31. The first kappa shape index (κ1) is 24.6. The van der Waals surface area contributed by atoms with Crippen molar-refractivity contribution >= 4 is 55.5 Å². The molecule has 0 radical (unpaired) electrons. The molecule has 2 amide bonds. The van der Waals surface area contributed by atoms with Gasteiger partial charge in [0.2, 0.25) is 15.9 Å². The smallest absolute Gasteiger partial charge is 0.261 e. The number of benzene rings is 2. The Labute approximate surface area is 207 Å². The lowest BCUT2D eigenvalue weighted by molar-refractivity contribution is -0.134. The van der Waals surface area contributed by atoms with Gasteiger partial charge in [0, 0.05) is 32.7 Å². The number of amides is 2. The maximum atomic E-state index is 13.3. The van der Waals surface area contributed by atoms with E-state index >= 15 is 0 Å². The molecule has 2 N–H and O–H groups in total. The van der Waals surface area contributed by atoms with Crippen molar-refractivity contribution < 1.29 is 18.0 Å². The SMILES string of the molecule is CN1CCN(C(=O)[C@H](CNC(=O)c2ccc(Cl)s2)NS(=O)(=O)c2ccc3ccccc3c2)CC1. The molecule has 1 aromatic heterocycles. The number of halogens is 1. The minimum absolute atomic E-state index is 0.0544. The van der Waals surface area contributed by atoms with Crippen molar-refractivity contribution in [1.29, 1.82) is 0 Å². The maximum Gasteiger partial charge on any atom is 0.261 e. The summed E-state index contributed by atoms with van der Waals surface area (Å²) >= 11 is 7.02. The van der Waals surface area contributed by atoms with Crippen LogP contribution in [0.3, 0.4) is 0 Å². The van der Waals surface area contributed by atoms with E-state index in [9.17, 15) is 18.0 Å². The first-order valence-corrected chi connectivity index (χ1v) is 13.4. The zero-order chi connectivity index (χ0) is 24.3. The number of hydrogen-bond donors (Lipinski definition) is 2. The summed E-state index contributed by atoms with van der Waals surface area (Å²) in [4.78, 5) is 30.0. The second kappa shape index (κ2) is 10.4. The molecule has 2 aromatic carbocycles. The average molecular weight is 521 g/mol. The van der Waals surface area contributed by atoms with Gasteiger partial charge in [-0.2, -0.15) is 4.72 Å². The Morgan fingerprint density at radius 2 is 1.74 bits per heavy atom. The first-order valence-electron chi connectivity index (χ1n) is 10.7. The van der Waals surface area contributed by atoms with E-state index in [4.69, 9.17) is 11.6 Å². The Hall–Kier alpha value is -2.50. The Bertz CT molecular complexity index is 1300. The number of fused-ring (bicyclic) bond motifs is 1. The monoisotopic (exact) mass is 520 g/mol. The van der Waals surface area contributed by atoms with Gasteiger partial charge < -0.3 is 15.1 Å². The third kappa shape index (κ3) is 5.76. The van der Waals surface area contributed by atoms with Crippen LogP contribution in [0.25, 0.3) is 10.8 Å². The van der Waals surface area contributed by atoms with Gasteiger partial charge in [0.15, 0.2) is 0 Å². The summed E-state index contributed by atoms with van der Waals surface area (Å²) in [5.41, 5.74) is 0. The van der Waals surface area contributed by atoms with Crippen LogP contribution >= 0.6 is 22.9 Å². The lowest BCUT2D eigenvalue weighted by Gasteiger charge is -2.34. The molecule has 0 aliphatic carbocycles. The Morgan fingerprint density at radius 3 is 2.41 bits per heavy atom. The van der Waals surface area contributed by atoms with E-state index in [0.29, 0.717) is 35.4 Å². The molecule has 3 aromatic rings. The van der Waals surface area contributed by atoms with E-state index in [2.05, 4.69) is 14.9 Å². The van der Waals surface area contributed by atoms with Crippen LogP contribution in [0.15, 0.2) is 59.5 Å². The number of likely N-dealkylation sites (N-methyl/N-ethyl adjacent to an activating group) is 1. The molecule has 1 aliphatic heterocycles. The van der Waals surface area contributed by atoms with Crippen LogP contribution in [0, 0.1) is 0 Å². The second-order valence-corrected chi connectivity index (χ2v) is 11.6. The van der Waals surface area contributed by atoms with E-state index in [1.165, 1.54) is 6.07 Å². The molecule has 0 bridgehead atoms. The number of carbonyl (C=O) groups excluding carboxylic acids is 2. The number of carbonyl (C=O) groups is 2. The summed E-state index contributed by atoms with van der Waals surface area (Å²) in [5.74, 6) is -0.792. The van der Waals surface area contributed by atoms with Gasteiger partial charge in [0.05, 0.1) is 14.1 Å². The molecule has 0 unspecified atom stereocenters. The predicted octanol–water partition coefficient (Wildman–Crippen LogP) is 2.41. The van der Waals surface area contributed by atoms with Gasteiger partial charge in [0.25, 0.3) is 5.91 Å². The summed E-state index contributed by atoms with van der Waals surface area (Å²) < 4.78 is 29.4. The number of nitrogens with zero attached hydrogens (tertiary/aromatic N) is 2. The highest BCUT2D eigenvalue weighted by atomic mass is 35.5. The van der Waals surface area contributed by atoms with Gasteiger partial charge in [-0.25, -0.2) is 8.42 Å². The third-order valence-electron chi connectivity index (χ3n) is 5.71. The van der Waals surface area contributed by atoms with Crippen molar-refractivity contribution in [3.05, 3.63) is 63.8 Å². The molecule has 4 rings (SSSR count). The highest BCUT2D eigenvalue weighted by molar-refractivity contribution is 7.89. The zero-order valence-corrected chi connectivity index (χ0v) is 20.9. The molecule has 11 heteroatoms. The van der Waals surface area contributed by atoms with Crippen LogP contribution in [-0.2, 0) is 14.8 Å². The van der Waals surface area contributed by atoms with E-state index in [-0.39, 0.29) is 17.3 Å². The molecule has 1 aliphatic rings. The Kier molecular flexibility index (Phi) is 7.54. The number of nitrogens with one attached hydrogen (secondary N) is 2. The normalized spacial score (nSPS) is 15.9. The van der Waals surface area contributed by atoms with Crippen molar-refractivity contribution in [2.75, 3.05) is 39.8 Å². The molecule has 1 fully saturated rings. The zero-order valence-electron chi connectivity index (χ0n) is 18.5. The Morgan fingerprint density at radius 1 is 1.03 bits per heavy atom. The fraction of sp³-hybridized carbons (Fsp3) is 0.304. The third-order valence-corrected chi connectivity index (χ3v) is 8.40. The number of rotatable bonds is 7. The summed E-state index contributed by atoms with van der Waals surface area (Å²) in [5, 5.41) is 4.36. The molecule has 2 heterocycles. The minimum atomic E-state index is -4.03. The molecular weight excluding hydrogens is 496 g/mol. The number of hydrogen-bond acceptors (Lipinski definition) is 6. The standard InChI is InChI=1S/C23H25ClN4O4S2/c1-27-10-12-28(13-11-27)23(30)19(15-25-22(29)20-8-9-21(24)33-20)26-34(31,32)18-7-6-16-4-2-3-5-17(16)14-18/h2-9,14,19,26H,10-13,15H2,1H3,(H,25,29)/t19-/m0/s1. The largest absolute Gasteiger partial charge is 0.349 e. The van der Waals surface area contributed by atoms with Crippen LogP contribution in [0.4, 0.5) is 0 Å².